The van der Waals surface area contributed by atoms with Gasteiger partial charge < -0.3 is 33.4 Å². The van der Waals surface area contributed by atoms with Crippen LogP contribution in [0.1, 0.15) is 63.1 Å². The number of esters is 1. The second-order valence-electron chi connectivity index (χ2n) is 15.6. The number of ether oxygens (including phenoxy) is 5. The van der Waals surface area contributed by atoms with Gasteiger partial charge in [-0.1, -0.05) is 166 Å². The number of carbonyl (C=O) groups is 2. The standard InChI is InChI=1S/C49H57Cl2NO8Si/c1-48(2,3)61(43-21-13-9-14-22-43,44-23-15-10-16-24-44)59-34-18-7-6-17-33-57-47(54)52-35-42(60-46(53)45(50)51)36-58-49(37-19-11-8-12-20-37,38-25-29-40(55-4)30-26-38)39-27-31-41(56-5)32-28-39/h8-16,19-32,42,45H,6-7,17-18,33-36H2,1-5H3,(H,52,54)/t42-/m1/s1. The molecule has 0 aromatic heterocycles. The number of nitrogens with one attached hydrogen (secondary N) is 1. The minimum absolute atomic E-state index is 0.0892. The average Bonchev–Trinajstić information content (AvgIpc) is 3.28. The number of benzene rings is 5. The first-order valence-corrected chi connectivity index (χ1v) is 23.4. The highest BCUT2D eigenvalue weighted by Crippen LogP contribution is 2.42. The molecule has 0 aliphatic heterocycles. The van der Waals surface area contributed by atoms with E-state index in [0.29, 0.717) is 24.5 Å². The molecule has 324 valence electrons. The third-order valence-electron chi connectivity index (χ3n) is 10.6. The number of rotatable bonds is 22. The summed E-state index contributed by atoms with van der Waals surface area (Å²) in [4.78, 5) is 24.2. The van der Waals surface area contributed by atoms with Crippen LogP contribution < -0.4 is 25.2 Å². The van der Waals surface area contributed by atoms with Crippen molar-refractivity contribution in [2.45, 2.75) is 68.0 Å². The summed E-state index contributed by atoms with van der Waals surface area (Å²) in [6.07, 6.45) is 1.69. The molecule has 1 amide bonds. The smallest absolute Gasteiger partial charge is 0.407 e. The van der Waals surface area contributed by atoms with Crippen LogP contribution in [0.5, 0.6) is 11.5 Å². The highest BCUT2D eigenvalue weighted by Gasteiger charge is 2.50. The van der Waals surface area contributed by atoms with Gasteiger partial charge in [-0.15, -0.1) is 0 Å². The Kier molecular flexibility index (Phi) is 17.7. The summed E-state index contributed by atoms with van der Waals surface area (Å²) in [5, 5.41) is 5.16. The lowest BCUT2D eigenvalue weighted by Gasteiger charge is -2.43. The number of carbonyl (C=O) groups excluding carboxylic acids is 2. The molecule has 0 saturated heterocycles. The van der Waals surface area contributed by atoms with E-state index in [4.69, 9.17) is 51.3 Å². The van der Waals surface area contributed by atoms with Crippen LogP contribution in [-0.4, -0.2) is 71.9 Å². The molecule has 0 heterocycles. The average molecular weight is 887 g/mol. The Morgan fingerprint density at radius 1 is 0.623 bits per heavy atom. The molecule has 0 bridgehead atoms. The fraction of sp³-hybridized carbons (Fsp3) is 0.347. The van der Waals surface area contributed by atoms with Crippen molar-refractivity contribution in [1.29, 1.82) is 0 Å². The van der Waals surface area contributed by atoms with Gasteiger partial charge >= 0.3 is 12.1 Å². The third kappa shape index (κ3) is 12.2. The zero-order valence-corrected chi connectivity index (χ0v) is 38.1. The molecule has 61 heavy (non-hydrogen) atoms. The Hall–Kier alpha value is -4.84. The Morgan fingerprint density at radius 2 is 1.08 bits per heavy atom. The molecule has 0 spiro atoms. The van der Waals surface area contributed by atoms with Crippen LogP contribution in [0.3, 0.4) is 0 Å². The van der Waals surface area contributed by atoms with Gasteiger partial charge in [-0.3, -0.25) is 0 Å². The minimum Gasteiger partial charge on any atom is -0.497 e. The van der Waals surface area contributed by atoms with Crippen molar-refractivity contribution >= 4 is 54.0 Å². The van der Waals surface area contributed by atoms with Crippen molar-refractivity contribution in [3.63, 3.8) is 0 Å². The van der Waals surface area contributed by atoms with Crippen LogP contribution in [0.25, 0.3) is 0 Å². The Labute approximate surface area is 371 Å². The van der Waals surface area contributed by atoms with Crippen molar-refractivity contribution in [2.75, 3.05) is 40.6 Å². The normalized spacial score (nSPS) is 12.4. The van der Waals surface area contributed by atoms with Crippen molar-refractivity contribution in [3.8, 4) is 11.5 Å². The van der Waals surface area contributed by atoms with Gasteiger partial charge in [0.25, 0.3) is 8.32 Å². The summed E-state index contributed by atoms with van der Waals surface area (Å²) < 4.78 is 36.0. The van der Waals surface area contributed by atoms with Crippen LogP contribution in [-0.2, 0) is 29.0 Å². The lowest BCUT2D eigenvalue weighted by Crippen LogP contribution is -2.66. The fourth-order valence-corrected chi connectivity index (χ4v) is 12.3. The Bertz CT molecular complexity index is 1980. The molecular weight excluding hydrogens is 830 g/mol. The molecule has 0 fully saturated rings. The van der Waals surface area contributed by atoms with Crippen molar-refractivity contribution in [1.82, 2.24) is 5.32 Å². The number of unbranched alkanes of at least 4 members (excludes halogenated alkanes) is 3. The quantitative estimate of drug-likeness (QED) is 0.0241. The number of hydrogen-bond donors (Lipinski definition) is 1. The maximum atomic E-state index is 13.0. The monoisotopic (exact) mass is 885 g/mol. The van der Waals surface area contributed by atoms with Gasteiger partial charge in [0.05, 0.1) is 34.0 Å². The van der Waals surface area contributed by atoms with E-state index in [0.717, 1.165) is 36.0 Å². The van der Waals surface area contributed by atoms with Gasteiger partial charge in [-0.25, -0.2) is 9.59 Å². The molecule has 0 unspecified atom stereocenters. The predicted octanol–water partition coefficient (Wildman–Crippen LogP) is 9.59. The maximum Gasteiger partial charge on any atom is 0.407 e. The Balaban J connectivity index is 1.20. The number of alkyl halides is 2. The van der Waals surface area contributed by atoms with Gasteiger partial charge in [-0.05, 0) is 75.6 Å². The minimum atomic E-state index is -2.59. The lowest BCUT2D eigenvalue weighted by molar-refractivity contribution is -0.152. The molecule has 5 rings (SSSR count). The summed E-state index contributed by atoms with van der Waals surface area (Å²) in [7, 11) is 0.613. The molecule has 0 aliphatic carbocycles. The number of amides is 1. The molecule has 1 atom stereocenters. The van der Waals surface area contributed by atoms with Crippen LogP contribution in [0.2, 0.25) is 5.04 Å². The third-order valence-corrected chi connectivity index (χ3v) is 16.0. The largest absolute Gasteiger partial charge is 0.497 e. The van der Waals surface area contributed by atoms with Gasteiger partial charge in [0.2, 0.25) is 4.84 Å². The molecular formula is C49H57Cl2NO8Si. The predicted molar refractivity (Wildman–Crippen MR) is 245 cm³/mol. The van der Waals surface area contributed by atoms with E-state index in [2.05, 4.69) is 74.6 Å². The molecule has 5 aromatic rings. The molecule has 1 N–H and O–H groups in total. The molecule has 0 saturated carbocycles. The number of hydrogen-bond acceptors (Lipinski definition) is 8. The van der Waals surface area contributed by atoms with E-state index >= 15 is 0 Å². The number of halogens is 2. The number of methoxy groups -OCH3 is 2. The Morgan fingerprint density at radius 3 is 1.54 bits per heavy atom. The topological polar surface area (TPSA) is 102 Å². The summed E-state index contributed by atoms with van der Waals surface area (Å²) in [6.45, 7) is 7.39. The first-order chi connectivity index (χ1) is 29.4. The highest BCUT2D eigenvalue weighted by atomic mass is 35.5. The highest BCUT2D eigenvalue weighted by molar-refractivity contribution is 6.99. The fourth-order valence-electron chi connectivity index (χ4n) is 7.60. The van der Waals surface area contributed by atoms with E-state index in [-0.39, 0.29) is 24.8 Å². The van der Waals surface area contributed by atoms with Crippen molar-refractivity contribution in [3.05, 3.63) is 156 Å². The molecule has 0 radical (unpaired) electrons. The van der Waals surface area contributed by atoms with E-state index < -0.39 is 36.9 Å². The SMILES string of the molecule is COc1ccc(C(OC[C@@H](CNC(=O)OCCCCCCO[Si](c2ccccc2)(c2ccccc2)C(C)(C)C)OC(=O)C(Cl)Cl)(c2ccccc2)c2ccc(OC)cc2)cc1. The van der Waals surface area contributed by atoms with Gasteiger partial charge in [0, 0.05) is 6.61 Å². The van der Waals surface area contributed by atoms with Gasteiger partial charge in [0.1, 0.15) is 23.2 Å². The van der Waals surface area contributed by atoms with Crippen LogP contribution in [0, 0.1) is 0 Å². The van der Waals surface area contributed by atoms with Crippen LogP contribution >= 0.6 is 23.2 Å². The first-order valence-electron chi connectivity index (χ1n) is 20.6. The summed E-state index contributed by atoms with van der Waals surface area (Å²) in [6, 6.07) is 46.0. The molecule has 9 nitrogen and oxygen atoms in total. The van der Waals surface area contributed by atoms with Crippen LogP contribution in [0.15, 0.2) is 140 Å². The van der Waals surface area contributed by atoms with Crippen molar-refractivity contribution in [2.24, 2.45) is 0 Å². The van der Waals surface area contributed by atoms with E-state index in [9.17, 15) is 9.59 Å². The van der Waals surface area contributed by atoms with Crippen LogP contribution in [0.4, 0.5) is 4.79 Å². The molecule has 0 aliphatic rings. The van der Waals surface area contributed by atoms with Gasteiger partial charge in [0.15, 0.2) is 0 Å². The summed E-state index contributed by atoms with van der Waals surface area (Å²) in [5.74, 6) is 0.473. The second kappa shape index (κ2) is 22.8. The molecule has 5 aromatic carbocycles. The summed E-state index contributed by atoms with van der Waals surface area (Å²) in [5.41, 5.74) is 1.18. The lowest BCUT2D eigenvalue weighted by atomic mass is 9.80. The van der Waals surface area contributed by atoms with Crippen molar-refractivity contribution < 1.29 is 37.7 Å². The van der Waals surface area contributed by atoms with E-state index in [1.165, 1.54) is 10.4 Å². The maximum absolute atomic E-state index is 13.0. The summed E-state index contributed by atoms with van der Waals surface area (Å²) >= 11 is 11.8. The molecule has 12 heteroatoms. The van der Waals surface area contributed by atoms with Gasteiger partial charge in [-0.2, -0.15) is 0 Å². The second-order valence-corrected chi connectivity index (χ2v) is 21.0. The number of alkyl carbamates (subject to hydrolysis) is 1. The van der Waals surface area contributed by atoms with E-state index in [1.54, 1.807) is 14.2 Å². The zero-order valence-electron chi connectivity index (χ0n) is 35.6. The zero-order chi connectivity index (χ0) is 43.7. The first kappa shape index (κ1) is 47.2. The van der Waals surface area contributed by atoms with E-state index in [1.807, 2.05) is 91.0 Å².